The molecule has 3 saturated heterocycles. The molecule has 0 aliphatic carbocycles. The van der Waals surface area contributed by atoms with E-state index in [4.69, 9.17) is 9.47 Å². The second kappa shape index (κ2) is 11.6. The summed E-state index contributed by atoms with van der Waals surface area (Å²) in [6, 6.07) is -1.02. The molecule has 0 radical (unpaired) electrons. The van der Waals surface area contributed by atoms with E-state index in [0.29, 0.717) is 24.4 Å². The maximum absolute atomic E-state index is 13.5. The average molecular weight is 499 g/mol. The molecule has 5 N–H and O–H groups in total. The zero-order valence-electron chi connectivity index (χ0n) is 20.5. The Morgan fingerprint density at radius 2 is 2.00 bits per heavy atom. The minimum Gasteiger partial charge on any atom is -0.388 e. The molecule has 0 saturated carbocycles. The molecule has 0 spiro atoms. The predicted octanol–water partition coefficient (Wildman–Crippen LogP) is 1.04. The summed E-state index contributed by atoms with van der Waals surface area (Å²) in [7, 11) is 0. The Kier molecular flexibility index (Phi) is 8.99. The second-order valence-electron chi connectivity index (χ2n) is 10.9. The van der Waals surface area contributed by atoms with Gasteiger partial charge in [0, 0.05) is 13.2 Å². The maximum atomic E-state index is 13.5. The molecule has 4 heterocycles. The van der Waals surface area contributed by atoms with Crippen LogP contribution in [0.3, 0.4) is 0 Å². The minimum atomic E-state index is -1.33. The van der Waals surface area contributed by atoms with Crippen LogP contribution in [-0.2, 0) is 14.3 Å². The summed E-state index contributed by atoms with van der Waals surface area (Å²) < 4.78 is 12.3. The van der Waals surface area contributed by atoms with Crippen LogP contribution >= 0.6 is 11.8 Å². The molecule has 2 bridgehead atoms. The van der Waals surface area contributed by atoms with Gasteiger partial charge >= 0.3 is 0 Å². The SMILES string of the molecule is CC(C)C[C@@H]1CCO[C@@H]2[C@H](CN[C@@H]2C(=O)N[C@H]2C3OC(SCC/C=C\[C@H]2C)C(O)C(O)C3O)C1. The highest BCUT2D eigenvalue weighted by molar-refractivity contribution is 7.99. The van der Waals surface area contributed by atoms with E-state index in [1.807, 2.05) is 13.0 Å². The van der Waals surface area contributed by atoms with Crippen molar-refractivity contribution < 1.29 is 29.6 Å². The van der Waals surface area contributed by atoms with Gasteiger partial charge in [-0.05, 0) is 55.1 Å². The first-order valence-corrected chi connectivity index (χ1v) is 13.9. The van der Waals surface area contributed by atoms with Gasteiger partial charge in [-0.25, -0.2) is 0 Å². The van der Waals surface area contributed by atoms with Crippen molar-refractivity contribution in [3.05, 3.63) is 12.2 Å². The fourth-order valence-corrected chi connectivity index (χ4v) is 7.10. The van der Waals surface area contributed by atoms with Gasteiger partial charge in [-0.2, -0.15) is 0 Å². The van der Waals surface area contributed by atoms with Crippen molar-refractivity contribution in [1.82, 2.24) is 10.6 Å². The van der Waals surface area contributed by atoms with Crippen LogP contribution < -0.4 is 10.6 Å². The van der Waals surface area contributed by atoms with Gasteiger partial charge in [0.1, 0.15) is 35.9 Å². The number of allylic oxidation sites excluding steroid dienone is 1. The van der Waals surface area contributed by atoms with Crippen LogP contribution in [0.1, 0.15) is 46.5 Å². The highest BCUT2D eigenvalue weighted by Gasteiger charge is 2.49. The van der Waals surface area contributed by atoms with Crippen molar-refractivity contribution in [1.29, 1.82) is 0 Å². The summed E-state index contributed by atoms with van der Waals surface area (Å²) >= 11 is 1.42. The first kappa shape index (κ1) is 26.4. The first-order valence-electron chi connectivity index (χ1n) is 12.9. The number of hydrogen-bond acceptors (Lipinski definition) is 8. The van der Waals surface area contributed by atoms with Crippen LogP contribution in [-0.4, -0.2) is 88.2 Å². The van der Waals surface area contributed by atoms with Crippen LogP contribution in [0.5, 0.6) is 0 Å². The molecular weight excluding hydrogens is 456 g/mol. The lowest BCUT2D eigenvalue weighted by molar-refractivity contribution is -0.207. The Hall–Kier alpha value is -0.680. The number of nitrogens with one attached hydrogen (secondary N) is 2. The molecule has 34 heavy (non-hydrogen) atoms. The van der Waals surface area contributed by atoms with Gasteiger partial charge in [0.2, 0.25) is 5.91 Å². The van der Waals surface area contributed by atoms with Crippen LogP contribution in [0.15, 0.2) is 12.2 Å². The van der Waals surface area contributed by atoms with Gasteiger partial charge in [0.25, 0.3) is 0 Å². The standard InChI is InChI=1S/C25H42N2O6S/c1-13(2)10-15-7-8-32-22-16(11-15)12-26-18(22)24(31)27-17-14(3)6-4-5-9-34-25-21(30)19(28)20(29)23(17)33-25/h4,6,13-23,25-26,28-30H,5,7-12H2,1-3H3,(H,27,31)/b6-4-/t14-,15+,16+,17-,18+,19?,20?,21?,22-,23?,25?/m1/s1. The number of hydrogen-bond donors (Lipinski definition) is 5. The Bertz CT molecular complexity index is 724. The van der Waals surface area contributed by atoms with E-state index in [1.165, 1.54) is 18.2 Å². The normalized spacial score (nSPS) is 46.4. The zero-order valence-corrected chi connectivity index (χ0v) is 21.3. The van der Waals surface area contributed by atoms with Crippen molar-refractivity contribution >= 4 is 17.7 Å². The van der Waals surface area contributed by atoms with Gasteiger partial charge in [-0.15, -0.1) is 11.8 Å². The van der Waals surface area contributed by atoms with Gasteiger partial charge in [0.05, 0.1) is 12.1 Å². The number of carbonyl (C=O) groups is 1. The smallest absolute Gasteiger partial charge is 0.240 e. The first-order chi connectivity index (χ1) is 16.3. The third-order valence-electron chi connectivity index (χ3n) is 7.79. The Balaban J connectivity index is 1.48. The van der Waals surface area contributed by atoms with Gasteiger partial charge in [-0.1, -0.05) is 32.9 Å². The highest BCUT2D eigenvalue weighted by atomic mass is 32.2. The molecule has 1 amide bonds. The van der Waals surface area contributed by atoms with Crippen molar-refractivity contribution in [2.45, 2.75) is 94.5 Å². The summed E-state index contributed by atoms with van der Waals surface area (Å²) in [4.78, 5) is 13.5. The topological polar surface area (TPSA) is 120 Å². The van der Waals surface area contributed by atoms with E-state index >= 15 is 0 Å². The molecule has 9 heteroatoms. The number of aliphatic hydroxyl groups excluding tert-OH is 3. The van der Waals surface area contributed by atoms with Crippen molar-refractivity contribution in [3.63, 3.8) is 0 Å². The van der Waals surface area contributed by atoms with E-state index in [9.17, 15) is 20.1 Å². The second-order valence-corrected chi connectivity index (χ2v) is 12.1. The number of ether oxygens (including phenoxy) is 2. The average Bonchev–Trinajstić information content (AvgIpc) is 3.08. The summed E-state index contributed by atoms with van der Waals surface area (Å²) in [5.74, 6) is 2.01. The summed E-state index contributed by atoms with van der Waals surface area (Å²) in [6.45, 7) is 7.90. The molecule has 4 aliphatic rings. The lowest BCUT2D eigenvalue weighted by atomic mass is 9.85. The van der Waals surface area contributed by atoms with Crippen LogP contribution in [0.25, 0.3) is 0 Å². The van der Waals surface area contributed by atoms with E-state index in [1.54, 1.807) is 0 Å². The lowest BCUT2D eigenvalue weighted by Crippen LogP contribution is -2.65. The van der Waals surface area contributed by atoms with E-state index in [-0.39, 0.29) is 17.9 Å². The molecule has 4 aliphatic heterocycles. The van der Waals surface area contributed by atoms with Crippen LogP contribution in [0.4, 0.5) is 0 Å². The zero-order chi connectivity index (χ0) is 24.4. The molecule has 0 aromatic heterocycles. The number of fused-ring (bicyclic) bond motifs is 3. The Morgan fingerprint density at radius 1 is 1.21 bits per heavy atom. The van der Waals surface area contributed by atoms with Crippen molar-refractivity contribution in [2.24, 2.45) is 23.7 Å². The molecule has 8 nitrogen and oxygen atoms in total. The van der Waals surface area contributed by atoms with Gasteiger partial charge < -0.3 is 35.4 Å². The monoisotopic (exact) mass is 498 g/mol. The molecule has 0 aromatic carbocycles. The molecular formula is C25H42N2O6S. The molecule has 3 fully saturated rings. The highest BCUT2D eigenvalue weighted by Crippen LogP contribution is 2.35. The van der Waals surface area contributed by atoms with Crippen molar-refractivity contribution in [2.75, 3.05) is 18.9 Å². The molecule has 0 aromatic rings. The van der Waals surface area contributed by atoms with E-state index < -0.39 is 41.9 Å². The fourth-order valence-electron chi connectivity index (χ4n) is 6.03. The third kappa shape index (κ3) is 5.82. The number of carbonyl (C=O) groups excluding carboxylic acids is 1. The number of rotatable bonds is 4. The predicted molar refractivity (Wildman–Crippen MR) is 131 cm³/mol. The summed E-state index contributed by atoms with van der Waals surface area (Å²) in [5.41, 5.74) is -0.654. The van der Waals surface area contributed by atoms with Gasteiger partial charge in [-0.3, -0.25) is 4.79 Å². The summed E-state index contributed by atoms with van der Waals surface area (Å²) in [6.07, 6.45) is 3.36. The Labute approximate surface area is 207 Å². The van der Waals surface area contributed by atoms with Gasteiger partial charge in [0.15, 0.2) is 0 Å². The summed E-state index contributed by atoms with van der Waals surface area (Å²) in [5, 5.41) is 38.2. The molecule has 194 valence electrons. The molecule has 11 atom stereocenters. The van der Waals surface area contributed by atoms with E-state index in [2.05, 4.69) is 30.6 Å². The maximum Gasteiger partial charge on any atom is 0.240 e. The quantitative estimate of drug-likeness (QED) is 0.365. The fraction of sp³-hybridized carbons (Fsp3) is 0.880. The van der Waals surface area contributed by atoms with E-state index in [0.717, 1.165) is 31.6 Å². The number of amides is 1. The third-order valence-corrected chi connectivity index (χ3v) is 8.98. The number of thioether (sulfide) groups is 1. The van der Waals surface area contributed by atoms with Crippen LogP contribution in [0, 0.1) is 23.7 Å². The largest absolute Gasteiger partial charge is 0.388 e. The van der Waals surface area contributed by atoms with Crippen LogP contribution in [0.2, 0.25) is 0 Å². The molecule has 5 unspecified atom stereocenters. The molecule has 4 rings (SSSR count). The Morgan fingerprint density at radius 3 is 2.76 bits per heavy atom. The number of aliphatic hydroxyl groups is 3. The minimum absolute atomic E-state index is 0.127. The lowest BCUT2D eigenvalue weighted by Gasteiger charge is -2.45. The van der Waals surface area contributed by atoms with Crippen molar-refractivity contribution in [3.8, 4) is 0 Å².